The minimum atomic E-state index is -0.713. The Hall–Kier alpha value is -2.51. The number of aliphatic hydroxyl groups is 1. The van der Waals surface area contributed by atoms with E-state index in [-0.39, 0.29) is 11.3 Å². The number of nitrogens with zero attached hydrogens (tertiary/aromatic N) is 3. The number of hydrogen-bond acceptors (Lipinski definition) is 5. The molecule has 7 heteroatoms. The second-order valence-electron chi connectivity index (χ2n) is 6.78. The largest absolute Gasteiger partial charge is 0.507 e. The third kappa shape index (κ3) is 4.41. The Kier molecular flexibility index (Phi) is 6.82. The van der Waals surface area contributed by atoms with E-state index in [1.54, 1.807) is 42.6 Å². The third-order valence-corrected chi connectivity index (χ3v) is 5.71. The maximum atomic E-state index is 12.9. The van der Waals surface area contributed by atoms with Crippen molar-refractivity contribution in [3.05, 3.63) is 70.0 Å². The summed E-state index contributed by atoms with van der Waals surface area (Å²) in [6.45, 7) is 6.84. The van der Waals surface area contributed by atoms with Crippen LogP contribution >= 0.6 is 15.9 Å². The molecular weight excluding hydrogens is 434 g/mol. The number of carbonyl (C=O) groups excluding carboxylic acids is 2. The van der Waals surface area contributed by atoms with Crippen LogP contribution in [-0.2, 0) is 9.59 Å². The minimum absolute atomic E-state index is 0.0792. The summed E-state index contributed by atoms with van der Waals surface area (Å²) in [6, 6.07) is 11.6. The summed E-state index contributed by atoms with van der Waals surface area (Å²) in [5, 5.41) is 10.9. The number of ketones is 1. The van der Waals surface area contributed by atoms with Crippen LogP contribution in [0.15, 0.2) is 58.7 Å². The van der Waals surface area contributed by atoms with Gasteiger partial charge in [-0.3, -0.25) is 14.6 Å². The van der Waals surface area contributed by atoms with Crippen LogP contribution in [-0.4, -0.2) is 57.8 Å². The van der Waals surface area contributed by atoms with Crippen LogP contribution in [0.5, 0.6) is 0 Å². The highest BCUT2D eigenvalue weighted by Gasteiger charge is 2.46. The van der Waals surface area contributed by atoms with Crippen molar-refractivity contribution in [2.75, 3.05) is 26.2 Å². The molecule has 1 unspecified atom stereocenters. The molecular formula is C22H24BrN3O3. The van der Waals surface area contributed by atoms with Crippen molar-refractivity contribution in [2.24, 2.45) is 0 Å². The van der Waals surface area contributed by atoms with E-state index < -0.39 is 17.7 Å². The van der Waals surface area contributed by atoms with Crippen LogP contribution in [0.3, 0.4) is 0 Å². The lowest BCUT2D eigenvalue weighted by Crippen LogP contribution is -2.38. The van der Waals surface area contributed by atoms with Crippen molar-refractivity contribution < 1.29 is 14.7 Å². The van der Waals surface area contributed by atoms with Gasteiger partial charge in [0.1, 0.15) is 11.8 Å². The van der Waals surface area contributed by atoms with Crippen molar-refractivity contribution in [3.63, 3.8) is 0 Å². The van der Waals surface area contributed by atoms with E-state index in [0.29, 0.717) is 24.3 Å². The number of benzene rings is 1. The van der Waals surface area contributed by atoms with Gasteiger partial charge in [0, 0.05) is 29.3 Å². The lowest BCUT2D eigenvalue weighted by Gasteiger charge is -2.27. The smallest absolute Gasteiger partial charge is 0.295 e. The molecule has 2 aromatic rings. The molecule has 1 aromatic carbocycles. The van der Waals surface area contributed by atoms with Crippen LogP contribution in [0.2, 0.25) is 0 Å². The highest BCUT2D eigenvalue weighted by molar-refractivity contribution is 9.10. The third-order valence-electron chi connectivity index (χ3n) is 5.18. The van der Waals surface area contributed by atoms with E-state index in [0.717, 1.165) is 17.6 Å². The van der Waals surface area contributed by atoms with Gasteiger partial charge in [-0.2, -0.15) is 0 Å². The Morgan fingerprint density at radius 1 is 1.14 bits per heavy atom. The fourth-order valence-electron chi connectivity index (χ4n) is 3.51. The number of aliphatic hydroxyl groups excluding tert-OH is 1. The molecule has 0 aliphatic carbocycles. The van der Waals surface area contributed by atoms with E-state index in [9.17, 15) is 14.7 Å². The SMILES string of the molecule is CCN(CC)CCN1C(=O)C(=O)/C(=C(\O)c2ccc(Br)cc2)C1c1ccccn1. The quantitative estimate of drug-likeness (QED) is 0.390. The Labute approximate surface area is 179 Å². The first-order valence-electron chi connectivity index (χ1n) is 9.65. The number of hydrogen-bond donors (Lipinski definition) is 1. The van der Waals surface area contributed by atoms with Crippen LogP contribution in [0.4, 0.5) is 0 Å². The minimum Gasteiger partial charge on any atom is -0.507 e. The summed E-state index contributed by atoms with van der Waals surface area (Å²) >= 11 is 3.36. The normalized spacial score (nSPS) is 18.6. The number of halogens is 1. The molecule has 0 saturated carbocycles. The Morgan fingerprint density at radius 2 is 1.83 bits per heavy atom. The van der Waals surface area contributed by atoms with Crippen molar-refractivity contribution >= 4 is 33.4 Å². The van der Waals surface area contributed by atoms with Gasteiger partial charge in [-0.15, -0.1) is 0 Å². The molecule has 0 spiro atoms. The van der Waals surface area contributed by atoms with Gasteiger partial charge < -0.3 is 14.9 Å². The lowest BCUT2D eigenvalue weighted by atomic mass is 9.98. The van der Waals surface area contributed by atoms with Gasteiger partial charge in [0.15, 0.2) is 0 Å². The summed E-state index contributed by atoms with van der Waals surface area (Å²) in [7, 11) is 0. The number of pyridine rings is 1. The first-order chi connectivity index (χ1) is 14.0. The van der Waals surface area contributed by atoms with E-state index >= 15 is 0 Å². The first kappa shape index (κ1) is 21.2. The molecule has 0 bridgehead atoms. The summed E-state index contributed by atoms with van der Waals surface area (Å²) < 4.78 is 0.856. The predicted molar refractivity (Wildman–Crippen MR) is 115 cm³/mol. The van der Waals surface area contributed by atoms with E-state index in [4.69, 9.17) is 0 Å². The zero-order valence-electron chi connectivity index (χ0n) is 16.5. The maximum Gasteiger partial charge on any atom is 0.295 e. The highest BCUT2D eigenvalue weighted by atomic mass is 79.9. The van der Waals surface area contributed by atoms with Crippen molar-refractivity contribution in [1.82, 2.24) is 14.8 Å². The number of amides is 1. The summed E-state index contributed by atoms with van der Waals surface area (Å²) in [6.07, 6.45) is 1.62. The molecule has 6 nitrogen and oxygen atoms in total. The zero-order valence-corrected chi connectivity index (χ0v) is 18.1. The van der Waals surface area contributed by atoms with Gasteiger partial charge in [0.25, 0.3) is 11.7 Å². The predicted octanol–water partition coefficient (Wildman–Crippen LogP) is 3.61. The fraction of sp³-hybridized carbons (Fsp3) is 0.318. The summed E-state index contributed by atoms with van der Waals surface area (Å²) in [5.41, 5.74) is 1.12. The molecule has 1 N–H and O–H groups in total. The molecule has 1 amide bonds. The Balaban J connectivity index is 2.06. The lowest BCUT2D eigenvalue weighted by molar-refractivity contribution is -0.140. The molecule has 1 atom stereocenters. The van der Waals surface area contributed by atoms with Gasteiger partial charge in [0.2, 0.25) is 0 Å². The molecule has 3 rings (SSSR count). The maximum absolute atomic E-state index is 12.9. The number of carbonyl (C=O) groups is 2. The summed E-state index contributed by atoms with van der Waals surface area (Å²) in [5.74, 6) is -1.47. The topological polar surface area (TPSA) is 73.7 Å². The van der Waals surface area contributed by atoms with Gasteiger partial charge in [-0.1, -0.05) is 48.0 Å². The van der Waals surface area contributed by atoms with Crippen molar-refractivity contribution in [2.45, 2.75) is 19.9 Å². The van der Waals surface area contributed by atoms with Crippen LogP contribution in [0, 0.1) is 0 Å². The molecule has 1 fully saturated rings. The molecule has 1 aromatic heterocycles. The van der Waals surface area contributed by atoms with Gasteiger partial charge >= 0.3 is 0 Å². The average molecular weight is 458 g/mol. The number of rotatable bonds is 7. The first-order valence-corrected chi connectivity index (χ1v) is 10.4. The second-order valence-corrected chi connectivity index (χ2v) is 7.70. The van der Waals surface area contributed by atoms with E-state index in [2.05, 4.69) is 39.7 Å². The molecule has 0 radical (unpaired) electrons. The molecule has 152 valence electrons. The van der Waals surface area contributed by atoms with Crippen molar-refractivity contribution in [3.8, 4) is 0 Å². The molecule has 2 heterocycles. The molecule has 29 heavy (non-hydrogen) atoms. The highest BCUT2D eigenvalue weighted by Crippen LogP contribution is 2.38. The fourth-order valence-corrected chi connectivity index (χ4v) is 3.77. The van der Waals surface area contributed by atoms with Crippen molar-refractivity contribution in [1.29, 1.82) is 0 Å². The monoisotopic (exact) mass is 457 g/mol. The Bertz CT molecular complexity index is 909. The van der Waals surface area contributed by atoms with Gasteiger partial charge in [0.05, 0.1) is 11.3 Å². The standard InChI is InChI=1S/C22H24BrN3O3/c1-3-25(4-2)13-14-26-19(17-7-5-6-12-24-17)18(21(28)22(26)29)20(27)15-8-10-16(23)11-9-15/h5-12,19,27H,3-4,13-14H2,1-2H3/b20-18-. The number of aromatic nitrogens is 1. The number of likely N-dealkylation sites (tertiary alicyclic amines) is 1. The molecule has 1 aliphatic rings. The number of likely N-dealkylation sites (N-methyl/N-ethyl adjacent to an activating group) is 1. The zero-order chi connectivity index (χ0) is 21.0. The van der Waals surface area contributed by atoms with E-state index in [1.807, 2.05) is 6.07 Å². The van der Waals surface area contributed by atoms with Gasteiger partial charge in [-0.05, 0) is 37.4 Å². The molecule has 1 aliphatic heterocycles. The second kappa shape index (κ2) is 9.33. The average Bonchev–Trinajstić information content (AvgIpc) is 3.00. The summed E-state index contributed by atoms with van der Waals surface area (Å²) in [4.78, 5) is 33.8. The Morgan fingerprint density at radius 3 is 2.41 bits per heavy atom. The van der Waals surface area contributed by atoms with Crippen LogP contribution < -0.4 is 0 Å². The van der Waals surface area contributed by atoms with Crippen LogP contribution in [0.25, 0.3) is 5.76 Å². The van der Waals surface area contributed by atoms with E-state index in [1.165, 1.54) is 4.90 Å². The van der Waals surface area contributed by atoms with Gasteiger partial charge in [-0.25, -0.2) is 0 Å². The molecule has 1 saturated heterocycles. The number of Topliss-reactive ketones (excluding diaryl/α,β-unsaturated/α-hetero) is 1. The van der Waals surface area contributed by atoms with Crippen LogP contribution in [0.1, 0.15) is 31.1 Å².